The van der Waals surface area contributed by atoms with Crippen LogP contribution in [0.1, 0.15) is 5.69 Å². The Morgan fingerprint density at radius 1 is 1.11 bits per heavy atom. The van der Waals surface area contributed by atoms with Crippen LogP contribution in [0.3, 0.4) is 0 Å². The molecular formula is C18H15F2N5OS. The molecule has 3 heterocycles. The van der Waals surface area contributed by atoms with Gasteiger partial charge in [0.25, 0.3) is 0 Å². The molecule has 6 nitrogen and oxygen atoms in total. The van der Waals surface area contributed by atoms with E-state index in [0.717, 1.165) is 22.1 Å². The number of alkyl halides is 2. The number of aromatic nitrogens is 5. The standard InChI is InChI=1S/C18H15F2N5OS/c1-24-16(12-5-7-14(8-6-12)26-17(19)20)22-23-18(24)27-11-13-10-25-9-3-2-4-15(25)21-13/h2-10,17H,11H2,1H3. The zero-order valence-corrected chi connectivity index (χ0v) is 15.1. The Bertz CT molecular complexity index is 1030. The number of nitrogens with zero attached hydrogens (tertiary/aromatic N) is 5. The molecule has 0 bridgehead atoms. The van der Waals surface area contributed by atoms with Crippen LogP contribution in [0.5, 0.6) is 5.75 Å². The molecule has 0 saturated heterocycles. The van der Waals surface area contributed by atoms with Gasteiger partial charge in [-0.2, -0.15) is 8.78 Å². The fraction of sp³-hybridized carbons (Fsp3) is 0.167. The summed E-state index contributed by atoms with van der Waals surface area (Å²) in [6, 6.07) is 12.2. The highest BCUT2D eigenvalue weighted by molar-refractivity contribution is 7.98. The molecule has 0 N–H and O–H groups in total. The van der Waals surface area contributed by atoms with Gasteiger partial charge >= 0.3 is 6.61 Å². The number of hydrogen-bond donors (Lipinski definition) is 0. The van der Waals surface area contributed by atoms with Gasteiger partial charge in [0.2, 0.25) is 0 Å². The lowest BCUT2D eigenvalue weighted by Gasteiger charge is -2.06. The van der Waals surface area contributed by atoms with Gasteiger partial charge in [0.15, 0.2) is 11.0 Å². The summed E-state index contributed by atoms with van der Waals surface area (Å²) in [5, 5.41) is 9.18. The van der Waals surface area contributed by atoms with Crippen molar-refractivity contribution in [3.8, 4) is 17.1 Å². The van der Waals surface area contributed by atoms with Crippen LogP contribution in [0.15, 0.2) is 60.0 Å². The third-order valence-electron chi connectivity index (χ3n) is 3.94. The van der Waals surface area contributed by atoms with Crippen molar-refractivity contribution in [1.82, 2.24) is 24.1 Å². The Morgan fingerprint density at radius 2 is 1.93 bits per heavy atom. The summed E-state index contributed by atoms with van der Waals surface area (Å²) in [6.45, 7) is -2.84. The van der Waals surface area contributed by atoms with Crippen molar-refractivity contribution in [3.63, 3.8) is 0 Å². The van der Waals surface area contributed by atoms with E-state index in [9.17, 15) is 8.78 Å². The summed E-state index contributed by atoms with van der Waals surface area (Å²) in [7, 11) is 1.87. The van der Waals surface area contributed by atoms with E-state index in [1.807, 2.05) is 46.6 Å². The quantitative estimate of drug-likeness (QED) is 0.468. The van der Waals surface area contributed by atoms with E-state index in [2.05, 4.69) is 19.9 Å². The molecule has 0 amide bonds. The van der Waals surface area contributed by atoms with Crippen LogP contribution in [-0.4, -0.2) is 30.8 Å². The van der Waals surface area contributed by atoms with Crippen LogP contribution in [-0.2, 0) is 12.8 Å². The zero-order chi connectivity index (χ0) is 18.8. The minimum absolute atomic E-state index is 0.109. The second kappa shape index (κ2) is 7.36. The number of thioether (sulfide) groups is 1. The highest BCUT2D eigenvalue weighted by Crippen LogP contribution is 2.26. The Morgan fingerprint density at radius 3 is 2.67 bits per heavy atom. The molecule has 0 unspecified atom stereocenters. The largest absolute Gasteiger partial charge is 0.435 e. The molecule has 0 aliphatic rings. The molecular weight excluding hydrogens is 372 g/mol. The molecule has 0 atom stereocenters. The lowest BCUT2D eigenvalue weighted by Crippen LogP contribution is -2.01. The van der Waals surface area contributed by atoms with Crippen molar-refractivity contribution >= 4 is 17.4 Å². The maximum absolute atomic E-state index is 12.2. The first-order chi connectivity index (χ1) is 13.1. The molecule has 138 valence electrons. The van der Waals surface area contributed by atoms with Crippen LogP contribution in [0, 0.1) is 0 Å². The predicted octanol–water partition coefficient (Wildman–Crippen LogP) is 4.02. The van der Waals surface area contributed by atoms with E-state index in [1.54, 1.807) is 12.1 Å². The molecule has 0 spiro atoms. The van der Waals surface area contributed by atoms with Gasteiger partial charge in [-0.05, 0) is 36.4 Å². The van der Waals surface area contributed by atoms with Crippen LogP contribution in [0.2, 0.25) is 0 Å². The van der Waals surface area contributed by atoms with Gasteiger partial charge in [-0.25, -0.2) is 4.98 Å². The number of pyridine rings is 1. The molecule has 4 aromatic rings. The number of hydrogen-bond acceptors (Lipinski definition) is 5. The average molecular weight is 387 g/mol. The number of imidazole rings is 1. The van der Waals surface area contributed by atoms with E-state index in [0.29, 0.717) is 11.6 Å². The Hall–Kier alpha value is -2.94. The molecule has 0 aliphatic heterocycles. The van der Waals surface area contributed by atoms with Crippen molar-refractivity contribution in [1.29, 1.82) is 0 Å². The topological polar surface area (TPSA) is 57.2 Å². The van der Waals surface area contributed by atoms with Gasteiger partial charge < -0.3 is 13.7 Å². The van der Waals surface area contributed by atoms with E-state index in [-0.39, 0.29) is 5.75 Å². The van der Waals surface area contributed by atoms with E-state index in [4.69, 9.17) is 0 Å². The maximum Gasteiger partial charge on any atom is 0.387 e. The van der Waals surface area contributed by atoms with Gasteiger partial charge in [0, 0.05) is 30.8 Å². The van der Waals surface area contributed by atoms with E-state index < -0.39 is 6.61 Å². The van der Waals surface area contributed by atoms with Crippen LogP contribution < -0.4 is 4.74 Å². The Balaban J connectivity index is 1.48. The van der Waals surface area contributed by atoms with Gasteiger partial charge in [0.1, 0.15) is 11.4 Å². The van der Waals surface area contributed by atoms with Crippen LogP contribution >= 0.6 is 11.8 Å². The molecule has 4 rings (SSSR count). The Kier molecular flexibility index (Phi) is 4.76. The summed E-state index contributed by atoms with van der Waals surface area (Å²) in [5.41, 5.74) is 2.62. The first-order valence-corrected chi connectivity index (χ1v) is 9.09. The van der Waals surface area contributed by atoms with Gasteiger partial charge in [-0.1, -0.05) is 17.8 Å². The molecule has 0 aliphatic carbocycles. The summed E-state index contributed by atoms with van der Waals surface area (Å²) in [6.07, 6.45) is 3.94. The van der Waals surface area contributed by atoms with Gasteiger partial charge in [0.05, 0.1) is 5.69 Å². The van der Waals surface area contributed by atoms with Crippen molar-refractivity contribution in [2.75, 3.05) is 0 Å². The summed E-state index contributed by atoms with van der Waals surface area (Å²) in [5.74, 6) is 1.42. The normalized spacial score (nSPS) is 11.4. The summed E-state index contributed by atoms with van der Waals surface area (Å²) >= 11 is 1.53. The number of benzene rings is 1. The fourth-order valence-electron chi connectivity index (χ4n) is 2.67. The summed E-state index contributed by atoms with van der Waals surface area (Å²) in [4.78, 5) is 4.57. The lowest BCUT2D eigenvalue weighted by atomic mass is 10.2. The third-order valence-corrected chi connectivity index (χ3v) is 4.99. The van der Waals surface area contributed by atoms with Crippen LogP contribution in [0.4, 0.5) is 8.78 Å². The number of fused-ring (bicyclic) bond motifs is 1. The monoisotopic (exact) mass is 387 g/mol. The molecule has 3 aromatic heterocycles. The van der Waals surface area contributed by atoms with Crippen LogP contribution in [0.25, 0.3) is 17.0 Å². The molecule has 9 heteroatoms. The van der Waals surface area contributed by atoms with Crippen molar-refractivity contribution in [2.45, 2.75) is 17.5 Å². The third kappa shape index (κ3) is 3.77. The first kappa shape index (κ1) is 17.5. The zero-order valence-electron chi connectivity index (χ0n) is 14.3. The highest BCUT2D eigenvalue weighted by atomic mass is 32.2. The number of halogens is 2. The van der Waals surface area contributed by atoms with Crippen molar-refractivity contribution in [3.05, 3.63) is 60.6 Å². The van der Waals surface area contributed by atoms with E-state index >= 15 is 0 Å². The maximum atomic E-state index is 12.2. The molecule has 0 saturated carbocycles. The molecule has 0 fully saturated rings. The average Bonchev–Trinajstić information content (AvgIpc) is 3.23. The number of rotatable bonds is 6. The smallest absolute Gasteiger partial charge is 0.387 e. The number of ether oxygens (including phenoxy) is 1. The highest BCUT2D eigenvalue weighted by Gasteiger charge is 2.13. The minimum Gasteiger partial charge on any atom is -0.435 e. The van der Waals surface area contributed by atoms with Crippen molar-refractivity contribution < 1.29 is 13.5 Å². The van der Waals surface area contributed by atoms with Gasteiger partial charge in [-0.15, -0.1) is 10.2 Å². The van der Waals surface area contributed by atoms with Gasteiger partial charge in [-0.3, -0.25) is 0 Å². The second-order valence-electron chi connectivity index (χ2n) is 5.76. The predicted molar refractivity (Wildman–Crippen MR) is 97.8 cm³/mol. The molecule has 1 aromatic carbocycles. The summed E-state index contributed by atoms with van der Waals surface area (Å²) < 4.78 is 32.7. The fourth-order valence-corrected chi connectivity index (χ4v) is 3.47. The molecule has 27 heavy (non-hydrogen) atoms. The van der Waals surface area contributed by atoms with Crippen molar-refractivity contribution in [2.24, 2.45) is 7.05 Å². The minimum atomic E-state index is -2.84. The Labute approximate surface area is 157 Å². The van der Waals surface area contributed by atoms with E-state index in [1.165, 1.54) is 23.9 Å². The second-order valence-corrected chi connectivity index (χ2v) is 6.70. The molecule has 0 radical (unpaired) electrons. The lowest BCUT2D eigenvalue weighted by molar-refractivity contribution is -0.0498. The SMILES string of the molecule is Cn1c(SCc2cn3ccccc3n2)nnc1-c1ccc(OC(F)F)cc1. The first-order valence-electron chi connectivity index (χ1n) is 8.10.